The summed E-state index contributed by atoms with van der Waals surface area (Å²) in [6, 6.07) is 12.8. The van der Waals surface area contributed by atoms with E-state index in [0.29, 0.717) is 74.3 Å². The molecule has 14 heteroatoms. The highest BCUT2D eigenvalue weighted by Gasteiger charge is 2.43. The molecule has 2 aromatic carbocycles. The summed E-state index contributed by atoms with van der Waals surface area (Å²) in [6.07, 6.45) is 1.48. The van der Waals surface area contributed by atoms with Crippen LogP contribution in [0.4, 0.5) is 10.8 Å². The molecular weight excluding hydrogens is 605 g/mol. The summed E-state index contributed by atoms with van der Waals surface area (Å²) < 4.78 is 22.6. The molecule has 1 aromatic heterocycles. The first-order valence-corrected chi connectivity index (χ1v) is 15.3. The average molecular weight is 635 g/mol. The molecular formula is C30H30N6O6S2. The quantitative estimate of drug-likeness (QED) is 0.298. The molecule has 12 nitrogen and oxygen atoms in total. The van der Waals surface area contributed by atoms with Crippen molar-refractivity contribution in [2.75, 3.05) is 44.4 Å². The fraction of sp³-hybridized carbons (Fsp3) is 0.300. The minimum absolute atomic E-state index is 0.0784. The van der Waals surface area contributed by atoms with Gasteiger partial charge in [-0.15, -0.1) is 10.2 Å². The van der Waals surface area contributed by atoms with Gasteiger partial charge in [0.05, 0.1) is 57.4 Å². The number of benzene rings is 2. The van der Waals surface area contributed by atoms with Gasteiger partial charge >= 0.3 is 0 Å². The number of allylic oxidation sites excluding steroid dienone is 3. The van der Waals surface area contributed by atoms with E-state index in [2.05, 4.69) is 21.6 Å². The van der Waals surface area contributed by atoms with Crippen molar-refractivity contribution in [2.45, 2.75) is 29.5 Å². The molecule has 0 fully saturated rings. The number of methoxy groups -OCH3 is 4. The number of ketones is 1. The van der Waals surface area contributed by atoms with Gasteiger partial charge < -0.3 is 30.0 Å². The van der Waals surface area contributed by atoms with Gasteiger partial charge in [0.15, 0.2) is 21.6 Å². The predicted octanol–water partition coefficient (Wildman–Crippen LogP) is 4.61. The van der Waals surface area contributed by atoms with E-state index in [1.54, 1.807) is 35.2 Å². The first-order chi connectivity index (χ1) is 21.4. The number of carbonyl (C=O) groups is 2. The Bertz CT molecular complexity index is 1710. The number of aromatic nitrogens is 2. The lowest BCUT2D eigenvalue weighted by Gasteiger charge is -2.38. The molecule has 3 N–H and O–H groups in total. The van der Waals surface area contributed by atoms with Gasteiger partial charge in [-0.2, -0.15) is 5.26 Å². The number of hydrogen-bond acceptors (Lipinski definition) is 13. The van der Waals surface area contributed by atoms with Gasteiger partial charge in [0.2, 0.25) is 16.8 Å². The highest BCUT2D eigenvalue weighted by molar-refractivity contribution is 8.01. The van der Waals surface area contributed by atoms with E-state index < -0.39 is 5.92 Å². The Labute approximate surface area is 262 Å². The average Bonchev–Trinajstić information content (AvgIpc) is 3.51. The van der Waals surface area contributed by atoms with Crippen LogP contribution in [0.5, 0.6) is 23.0 Å². The Morgan fingerprint density at radius 2 is 1.82 bits per heavy atom. The monoisotopic (exact) mass is 634 g/mol. The van der Waals surface area contributed by atoms with Crippen molar-refractivity contribution in [1.29, 1.82) is 5.26 Å². The van der Waals surface area contributed by atoms with Crippen molar-refractivity contribution < 1.29 is 28.5 Å². The summed E-state index contributed by atoms with van der Waals surface area (Å²) in [5.41, 5.74) is 9.11. The molecule has 0 bridgehead atoms. The van der Waals surface area contributed by atoms with Crippen LogP contribution < -0.4 is 34.9 Å². The number of nitrogens with two attached hydrogens (primary N) is 1. The minimum Gasteiger partial charge on any atom is -0.495 e. The SMILES string of the molecule is COc1ccccc1NC(=O)CSc1nnc(N2C(N)=C(C#N)C(c3ccc(OC)c(OC)c3OC)C3=C2CCCC3=O)s1. The molecule has 0 radical (unpaired) electrons. The van der Waals surface area contributed by atoms with Crippen LogP contribution in [0.1, 0.15) is 30.7 Å². The number of rotatable bonds is 10. The third-order valence-electron chi connectivity index (χ3n) is 7.25. The number of ether oxygens (including phenoxy) is 4. The molecule has 0 spiro atoms. The van der Waals surface area contributed by atoms with E-state index >= 15 is 0 Å². The van der Waals surface area contributed by atoms with Crippen LogP contribution in [-0.4, -0.2) is 56.1 Å². The predicted molar refractivity (Wildman–Crippen MR) is 166 cm³/mol. The summed E-state index contributed by atoms with van der Waals surface area (Å²) in [7, 11) is 6.03. The molecule has 2 heterocycles. The van der Waals surface area contributed by atoms with Gasteiger partial charge in [-0.05, 0) is 31.0 Å². The number of hydrogen-bond donors (Lipinski definition) is 2. The van der Waals surface area contributed by atoms with E-state index in [0.717, 1.165) is 0 Å². The second kappa shape index (κ2) is 13.3. The number of nitrogens with one attached hydrogen (secondary N) is 1. The zero-order valence-electron chi connectivity index (χ0n) is 24.5. The number of Topliss-reactive ketones (excluding diaryl/α,β-unsaturated/α-hetero) is 1. The van der Waals surface area contributed by atoms with Crippen molar-refractivity contribution in [3.63, 3.8) is 0 Å². The third-order valence-corrected chi connectivity index (χ3v) is 9.30. The summed E-state index contributed by atoms with van der Waals surface area (Å²) in [5.74, 6) is 0.795. The van der Waals surface area contributed by atoms with Gasteiger partial charge in [-0.1, -0.05) is 41.3 Å². The molecule has 0 saturated carbocycles. The first-order valence-electron chi connectivity index (χ1n) is 13.5. The molecule has 1 amide bonds. The summed E-state index contributed by atoms with van der Waals surface area (Å²) in [5, 5.41) is 22.2. The molecule has 228 valence electrons. The second-order valence-corrected chi connectivity index (χ2v) is 11.8. The number of nitriles is 1. The Hall–Kier alpha value is -4.74. The Kier molecular flexibility index (Phi) is 9.26. The normalized spacial score (nSPS) is 16.3. The lowest BCUT2D eigenvalue weighted by molar-refractivity contribution is -0.116. The van der Waals surface area contributed by atoms with E-state index in [1.807, 2.05) is 6.07 Å². The molecule has 1 aliphatic carbocycles. The molecule has 1 atom stereocenters. The molecule has 44 heavy (non-hydrogen) atoms. The molecule has 2 aliphatic rings. The Morgan fingerprint density at radius 1 is 1.07 bits per heavy atom. The molecule has 3 aromatic rings. The van der Waals surface area contributed by atoms with Gasteiger partial charge in [-0.3, -0.25) is 14.5 Å². The summed E-state index contributed by atoms with van der Waals surface area (Å²) in [4.78, 5) is 27.9. The zero-order chi connectivity index (χ0) is 31.4. The number of anilines is 2. The highest BCUT2D eigenvalue weighted by atomic mass is 32.2. The van der Waals surface area contributed by atoms with Crippen LogP contribution in [0.15, 0.2) is 63.4 Å². The molecule has 0 saturated heterocycles. The standard InChI is InChI=1S/C30H30N6O6S2/c1-39-21-11-6-5-8-18(21)33-23(38)15-43-30-35-34-29(44-30)36-19-9-7-10-20(37)25(19)24(17(14-31)28(36)32)16-12-13-22(40-2)27(42-4)26(16)41-3/h5-6,8,11-13,24H,7,9-10,15,32H2,1-4H3,(H,33,38). The van der Waals surface area contributed by atoms with Gasteiger partial charge in [0.25, 0.3) is 0 Å². The van der Waals surface area contributed by atoms with Crippen LogP contribution in [0, 0.1) is 11.3 Å². The van der Waals surface area contributed by atoms with Crippen LogP contribution >= 0.6 is 23.1 Å². The lowest BCUT2D eigenvalue weighted by Crippen LogP contribution is -2.38. The fourth-order valence-electron chi connectivity index (χ4n) is 5.38. The zero-order valence-corrected chi connectivity index (χ0v) is 26.1. The van der Waals surface area contributed by atoms with Gasteiger partial charge in [0, 0.05) is 23.3 Å². The van der Waals surface area contributed by atoms with Crippen molar-refractivity contribution in [3.05, 3.63) is 64.6 Å². The van der Waals surface area contributed by atoms with Gasteiger partial charge in [0.1, 0.15) is 11.6 Å². The second-order valence-electron chi connectivity index (χ2n) is 9.63. The fourth-order valence-corrected chi connectivity index (χ4v) is 7.06. The number of thioether (sulfide) groups is 1. The van der Waals surface area contributed by atoms with E-state index in [9.17, 15) is 14.9 Å². The van der Waals surface area contributed by atoms with Crippen molar-refractivity contribution >= 4 is 45.6 Å². The van der Waals surface area contributed by atoms with Crippen molar-refractivity contribution in [1.82, 2.24) is 10.2 Å². The largest absolute Gasteiger partial charge is 0.495 e. The van der Waals surface area contributed by atoms with Crippen molar-refractivity contribution in [3.8, 4) is 29.1 Å². The first kappa shape index (κ1) is 30.7. The maximum absolute atomic E-state index is 13.6. The number of para-hydroxylation sites is 2. The maximum atomic E-state index is 13.6. The number of nitrogens with zero attached hydrogens (tertiary/aromatic N) is 4. The third kappa shape index (κ3) is 5.63. The van der Waals surface area contributed by atoms with Crippen LogP contribution in [0.25, 0.3) is 0 Å². The van der Waals surface area contributed by atoms with Crippen LogP contribution in [0.3, 0.4) is 0 Å². The van der Waals surface area contributed by atoms with E-state index in [4.69, 9.17) is 24.7 Å². The van der Waals surface area contributed by atoms with Crippen molar-refractivity contribution in [2.24, 2.45) is 5.73 Å². The summed E-state index contributed by atoms with van der Waals surface area (Å²) in [6.45, 7) is 0. The number of carbonyl (C=O) groups excluding carboxylic acids is 2. The Morgan fingerprint density at radius 3 is 2.52 bits per heavy atom. The maximum Gasteiger partial charge on any atom is 0.234 e. The molecule has 1 aliphatic heterocycles. The minimum atomic E-state index is -0.783. The lowest BCUT2D eigenvalue weighted by atomic mass is 9.75. The topological polar surface area (TPSA) is 162 Å². The Balaban J connectivity index is 1.48. The van der Waals surface area contributed by atoms with E-state index in [-0.39, 0.29) is 28.8 Å². The van der Waals surface area contributed by atoms with Gasteiger partial charge in [-0.25, -0.2) is 0 Å². The van der Waals surface area contributed by atoms with Crippen LogP contribution in [-0.2, 0) is 9.59 Å². The highest BCUT2D eigenvalue weighted by Crippen LogP contribution is 2.52. The smallest absolute Gasteiger partial charge is 0.234 e. The number of amides is 1. The van der Waals surface area contributed by atoms with E-state index in [1.165, 1.54) is 51.5 Å². The molecule has 1 unspecified atom stereocenters. The summed E-state index contributed by atoms with van der Waals surface area (Å²) >= 11 is 2.43. The van der Waals surface area contributed by atoms with Crippen LogP contribution in [0.2, 0.25) is 0 Å². The molecule has 5 rings (SSSR count).